The van der Waals surface area contributed by atoms with Gasteiger partial charge in [0.1, 0.15) is 12.7 Å². The Bertz CT molecular complexity index is 311. The predicted octanol–water partition coefficient (Wildman–Crippen LogP) is 2.02. The van der Waals surface area contributed by atoms with Crippen molar-refractivity contribution in [3.05, 3.63) is 0 Å². The van der Waals surface area contributed by atoms with E-state index >= 15 is 0 Å². The average Bonchev–Trinajstić information content (AvgIpc) is 3.23. The largest absolute Gasteiger partial charge is 0.463 e. The molecule has 1 aliphatic heterocycles. The number of rotatable bonds is 11. The van der Waals surface area contributed by atoms with Crippen LogP contribution in [0, 0.1) is 0 Å². The standard InChI is InChI=1S/C10H17Cl2O6P/c11-2-4-17-19(14,18-5-3-12)6-1-10(13)16-8-9-7-15-9/h9H,1-8H2. The number of carbonyl (C=O) groups is 1. The molecule has 0 radical (unpaired) electrons. The van der Waals surface area contributed by atoms with Crippen LogP contribution in [0.25, 0.3) is 0 Å². The molecule has 1 unspecified atom stereocenters. The summed E-state index contributed by atoms with van der Waals surface area (Å²) in [5, 5.41) is 0. The van der Waals surface area contributed by atoms with Crippen LogP contribution in [-0.4, -0.2) is 56.4 Å². The first kappa shape index (κ1) is 17.2. The van der Waals surface area contributed by atoms with Crippen molar-refractivity contribution in [1.29, 1.82) is 0 Å². The number of hydrogen-bond donors (Lipinski definition) is 0. The summed E-state index contributed by atoms with van der Waals surface area (Å²) < 4.78 is 32.2. The van der Waals surface area contributed by atoms with Crippen LogP contribution in [0.2, 0.25) is 0 Å². The predicted molar refractivity (Wildman–Crippen MR) is 71.1 cm³/mol. The van der Waals surface area contributed by atoms with Crippen molar-refractivity contribution in [2.75, 3.05) is 44.3 Å². The van der Waals surface area contributed by atoms with Crippen LogP contribution in [0.4, 0.5) is 0 Å². The zero-order chi connectivity index (χ0) is 14.1. The molecule has 9 heteroatoms. The van der Waals surface area contributed by atoms with Crippen molar-refractivity contribution in [3.8, 4) is 0 Å². The van der Waals surface area contributed by atoms with Gasteiger partial charge in [0.05, 0.1) is 32.4 Å². The third-order valence-corrected chi connectivity index (χ3v) is 4.38. The van der Waals surface area contributed by atoms with Gasteiger partial charge in [-0.2, -0.15) is 0 Å². The fourth-order valence-electron chi connectivity index (χ4n) is 1.16. The number of halogens is 2. The van der Waals surface area contributed by atoms with Crippen LogP contribution in [0.1, 0.15) is 6.42 Å². The van der Waals surface area contributed by atoms with Crippen LogP contribution in [0.3, 0.4) is 0 Å². The van der Waals surface area contributed by atoms with Gasteiger partial charge in [0.2, 0.25) is 0 Å². The smallest absolute Gasteiger partial charge is 0.331 e. The van der Waals surface area contributed by atoms with Gasteiger partial charge in [-0.05, 0) is 0 Å². The Morgan fingerprint density at radius 1 is 1.26 bits per heavy atom. The van der Waals surface area contributed by atoms with Gasteiger partial charge in [0, 0.05) is 11.8 Å². The summed E-state index contributed by atoms with van der Waals surface area (Å²) in [6.45, 7) is 1.02. The van der Waals surface area contributed by atoms with Gasteiger partial charge in [-0.3, -0.25) is 9.36 Å². The van der Waals surface area contributed by atoms with Crippen molar-refractivity contribution < 1.29 is 27.9 Å². The van der Waals surface area contributed by atoms with E-state index in [4.69, 9.17) is 41.7 Å². The number of ether oxygens (including phenoxy) is 2. The van der Waals surface area contributed by atoms with Crippen LogP contribution < -0.4 is 0 Å². The molecule has 1 saturated heterocycles. The normalized spacial score (nSPS) is 18.3. The Morgan fingerprint density at radius 3 is 2.32 bits per heavy atom. The first-order chi connectivity index (χ1) is 9.09. The molecule has 1 fully saturated rings. The number of carbonyl (C=O) groups excluding carboxylic acids is 1. The van der Waals surface area contributed by atoms with Crippen LogP contribution >= 0.6 is 30.8 Å². The second-order valence-corrected chi connectivity index (χ2v) is 6.71. The highest BCUT2D eigenvalue weighted by Gasteiger charge is 2.28. The highest BCUT2D eigenvalue weighted by molar-refractivity contribution is 7.53. The summed E-state index contributed by atoms with van der Waals surface area (Å²) in [6, 6.07) is 0. The Hall–Kier alpha value is 0.160. The van der Waals surface area contributed by atoms with Gasteiger partial charge in [0.25, 0.3) is 0 Å². The molecule has 0 N–H and O–H groups in total. The summed E-state index contributed by atoms with van der Waals surface area (Å²) >= 11 is 10.9. The lowest BCUT2D eigenvalue weighted by Crippen LogP contribution is -2.13. The third-order valence-electron chi connectivity index (χ3n) is 2.15. The molecule has 0 aromatic carbocycles. The lowest BCUT2D eigenvalue weighted by Gasteiger charge is -2.17. The van der Waals surface area contributed by atoms with Crippen LogP contribution in [-0.2, 0) is 27.9 Å². The molecule has 1 aliphatic rings. The summed E-state index contributed by atoms with van der Waals surface area (Å²) in [4.78, 5) is 11.4. The SMILES string of the molecule is O=C(CCP(=O)(OCCCl)OCCCl)OCC1CO1. The zero-order valence-electron chi connectivity index (χ0n) is 10.4. The van der Waals surface area contributed by atoms with E-state index in [2.05, 4.69) is 0 Å². The van der Waals surface area contributed by atoms with Crippen LogP contribution in [0.15, 0.2) is 0 Å². The van der Waals surface area contributed by atoms with Crippen molar-refractivity contribution in [2.45, 2.75) is 12.5 Å². The van der Waals surface area contributed by atoms with Gasteiger partial charge in [-0.1, -0.05) is 0 Å². The molecule has 0 aliphatic carbocycles. The average molecular weight is 335 g/mol. The van der Waals surface area contributed by atoms with E-state index in [9.17, 15) is 9.36 Å². The van der Waals surface area contributed by atoms with Gasteiger partial charge < -0.3 is 18.5 Å². The molecule has 0 spiro atoms. The zero-order valence-corrected chi connectivity index (χ0v) is 12.8. The van der Waals surface area contributed by atoms with E-state index in [1.807, 2.05) is 0 Å². The molecule has 0 aromatic rings. The Morgan fingerprint density at radius 2 is 1.84 bits per heavy atom. The lowest BCUT2D eigenvalue weighted by atomic mass is 10.5. The Kier molecular flexibility index (Phi) is 8.30. The Balaban J connectivity index is 2.28. The van der Waals surface area contributed by atoms with E-state index < -0.39 is 13.6 Å². The lowest BCUT2D eigenvalue weighted by molar-refractivity contribution is -0.143. The number of epoxide rings is 1. The van der Waals surface area contributed by atoms with Gasteiger partial charge in [0.15, 0.2) is 0 Å². The molecule has 0 aromatic heterocycles. The second-order valence-electron chi connectivity index (χ2n) is 3.77. The molecule has 1 atom stereocenters. The highest BCUT2D eigenvalue weighted by Crippen LogP contribution is 2.48. The molecule has 1 rings (SSSR count). The maximum Gasteiger partial charge on any atom is 0.331 e. The quantitative estimate of drug-likeness (QED) is 0.249. The van der Waals surface area contributed by atoms with Crippen molar-refractivity contribution in [3.63, 3.8) is 0 Å². The summed E-state index contributed by atoms with van der Waals surface area (Å²) in [5.74, 6) is -0.0743. The summed E-state index contributed by atoms with van der Waals surface area (Å²) in [7, 11) is -3.34. The van der Waals surface area contributed by atoms with Gasteiger partial charge in [-0.25, -0.2) is 0 Å². The van der Waals surface area contributed by atoms with Gasteiger partial charge >= 0.3 is 13.6 Å². The van der Waals surface area contributed by atoms with E-state index in [-0.39, 0.29) is 50.3 Å². The minimum Gasteiger partial charge on any atom is -0.463 e. The number of alkyl halides is 2. The minimum atomic E-state index is -3.34. The molecular weight excluding hydrogens is 318 g/mol. The van der Waals surface area contributed by atoms with Crippen molar-refractivity contribution in [1.82, 2.24) is 0 Å². The summed E-state index contributed by atoms with van der Waals surface area (Å²) in [5.41, 5.74) is 0. The molecule has 6 nitrogen and oxygen atoms in total. The first-order valence-corrected chi connectivity index (χ1v) is 8.66. The maximum absolute atomic E-state index is 12.2. The molecular formula is C10H17Cl2O6P. The second kappa shape index (κ2) is 9.16. The highest BCUT2D eigenvalue weighted by atomic mass is 35.5. The number of esters is 1. The first-order valence-electron chi connectivity index (χ1n) is 5.87. The minimum absolute atomic E-state index is 0.00996. The topological polar surface area (TPSA) is 74.4 Å². The van der Waals surface area contributed by atoms with Crippen molar-refractivity contribution >= 4 is 36.8 Å². The van der Waals surface area contributed by atoms with Gasteiger partial charge in [-0.15, -0.1) is 23.2 Å². The third kappa shape index (κ3) is 8.12. The fourth-order valence-corrected chi connectivity index (χ4v) is 3.06. The Labute approximate surface area is 122 Å². The van der Waals surface area contributed by atoms with E-state index in [0.717, 1.165) is 0 Å². The fraction of sp³-hybridized carbons (Fsp3) is 0.900. The van der Waals surface area contributed by atoms with Crippen LogP contribution in [0.5, 0.6) is 0 Å². The van der Waals surface area contributed by atoms with E-state index in [0.29, 0.717) is 6.61 Å². The van der Waals surface area contributed by atoms with E-state index in [1.54, 1.807) is 0 Å². The summed E-state index contributed by atoms with van der Waals surface area (Å²) in [6.07, 6.45) is -0.0876. The monoisotopic (exact) mass is 334 g/mol. The molecule has 1 heterocycles. The molecule has 19 heavy (non-hydrogen) atoms. The number of hydrogen-bond acceptors (Lipinski definition) is 6. The molecule has 112 valence electrons. The maximum atomic E-state index is 12.2. The molecule has 0 saturated carbocycles. The molecule has 0 amide bonds. The molecule has 0 bridgehead atoms. The van der Waals surface area contributed by atoms with Crippen molar-refractivity contribution in [2.24, 2.45) is 0 Å². The van der Waals surface area contributed by atoms with E-state index in [1.165, 1.54) is 0 Å².